The highest BCUT2D eigenvalue weighted by molar-refractivity contribution is 7.90. The van der Waals surface area contributed by atoms with Gasteiger partial charge in [0.25, 0.3) is 0 Å². The lowest BCUT2D eigenvalue weighted by molar-refractivity contribution is 0.0206. The van der Waals surface area contributed by atoms with E-state index in [4.69, 9.17) is 4.74 Å². The fraction of sp³-hybridized carbons (Fsp3) is 0.407. The van der Waals surface area contributed by atoms with Gasteiger partial charge in [0.2, 0.25) is 15.0 Å². The second kappa shape index (κ2) is 9.62. The maximum Gasteiger partial charge on any atom is 0.410 e. The number of hydrogen-bond donors (Lipinski definition) is 0. The number of aromatic nitrogens is 4. The number of hydrogen-bond acceptors (Lipinski definition) is 9. The third kappa shape index (κ3) is 5.17. The van der Waals surface area contributed by atoms with E-state index in [1.54, 1.807) is 22.2 Å². The first-order chi connectivity index (χ1) is 18.4. The van der Waals surface area contributed by atoms with Gasteiger partial charge in [0.05, 0.1) is 17.4 Å². The van der Waals surface area contributed by atoms with E-state index in [1.807, 2.05) is 50.6 Å². The summed E-state index contributed by atoms with van der Waals surface area (Å²) in [5.41, 5.74) is 3.33. The third-order valence-electron chi connectivity index (χ3n) is 6.74. The SMILES string of the molecule is Cn1cnc2ccc(C3=Cc4cnc(S(C)(=O)=O)nc4N(C4CCN(C(=O)OC(C)(C)C)CC4)C3=C=O)cc21. The Hall–Kier alpha value is -4.02. The fourth-order valence-electron chi connectivity index (χ4n) is 4.91. The lowest BCUT2D eigenvalue weighted by Crippen LogP contribution is -2.48. The first-order valence-electron chi connectivity index (χ1n) is 12.6. The van der Waals surface area contributed by atoms with Crippen LogP contribution in [0.2, 0.25) is 0 Å². The van der Waals surface area contributed by atoms with E-state index >= 15 is 0 Å². The molecule has 1 fully saturated rings. The van der Waals surface area contributed by atoms with Crippen LogP contribution in [0, 0.1) is 0 Å². The first kappa shape index (κ1) is 26.6. The highest BCUT2D eigenvalue weighted by atomic mass is 32.2. The van der Waals surface area contributed by atoms with Crippen LogP contribution in [-0.2, 0) is 26.4 Å². The minimum absolute atomic E-state index is 0.245. The summed E-state index contributed by atoms with van der Waals surface area (Å²) in [6.07, 6.45) is 6.64. The Morgan fingerprint density at radius 2 is 1.87 bits per heavy atom. The van der Waals surface area contributed by atoms with Gasteiger partial charge in [-0.15, -0.1) is 0 Å². The number of allylic oxidation sites excluding steroid dienone is 1. The van der Waals surface area contributed by atoms with E-state index < -0.39 is 21.5 Å². The Kier molecular flexibility index (Phi) is 6.56. The van der Waals surface area contributed by atoms with Crippen LogP contribution in [0.5, 0.6) is 0 Å². The molecule has 1 amide bonds. The van der Waals surface area contributed by atoms with Crippen molar-refractivity contribution in [3.63, 3.8) is 0 Å². The highest BCUT2D eigenvalue weighted by Gasteiger charge is 2.37. The van der Waals surface area contributed by atoms with Crippen LogP contribution >= 0.6 is 0 Å². The topological polar surface area (TPSA) is 128 Å². The molecule has 0 atom stereocenters. The summed E-state index contributed by atoms with van der Waals surface area (Å²) in [6.45, 7) is 6.26. The molecule has 204 valence electrons. The molecule has 0 saturated carbocycles. The van der Waals surface area contributed by atoms with Crippen LogP contribution in [0.4, 0.5) is 10.6 Å². The van der Waals surface area contributed by atoms with Gasteiger partial charge in [0.1, 0.15) is 17.1 Å². The van der Waals surface area contributed by atoms with E-state index in [-0.39, 0.29) is 16.9 Å². The zero-order chi connectivity index (χ0) is 28.1. The monoisotopic (exact) mass is 550 g/mol. The van der Waals surface area contributed by atoms with E-state index in [0.717, 1.165) is 22.9 Å². The number of imidazole rings is 1. The zero-order valence-electron chi connectivity index (χ0n) is 22.5. The molecule has 0 unspecified atom stereocenters. The zero-order valence-corrected chi connectivity index (χ0v) is 23.3. The number of aryl methyl sites for hydroxylation is 1. The summed E-state index contributed by atoms with van der Waals surface area (Å²) in [5.74, 6) is 2.43. The summed E-state index contributed by atoms with van der Waals surface area (Å²) in [4.78, 5) is 41.5. The number of carbonyl (C=O) groups is 1. The Balaban J connectivity index is 1.56. The average molecular weight is 551 g/mol. The fourth-order valence-corrected chi connectivity index (χ4v) is 5.40. The molecular weight excluding hydrogens is 520 g/mol. The Morgan fingerprint density at radius 3 is 2.51 bits per heavy atom. The lowest BCUT2D eigenvalue weighted by Gasteiger charge is -2.41. The van der Waals surface area contributed by atoms with E-state index in [1.165, 1.54) is 6.20 Å². The minimum atomic E-state index is -3.70. The highest BCUT2D eigenvalue weighted by Crippen LogP contribution is 2.41. The number of anilines is 1. The van der Waals surface area contributed by atoms with Gasteiger partial charge < -0.3 is 19.1 Å². The summed E-state index contributed by atoms with van der Waals surface area (Å²) in [6, 6.07) is 5.48. The molecule has 12 heteroatoms. The average Bonchev–Trinajstić information content (AvgIpc) is 3.25. The van der Waals surface area contributed by atoms with Gasteiger partial charge in [-0.1, -0.05) is 6.07 Å². The van der Waals surface area contributed by atoms with Gasteiger partial charge in [0, 0.05) is 49.8 Å². The van der Waals surface area contributed by atoms with Crippen molar-refractivity contribution in [2.45, 2.75) is 50.4 Å². The first-order valence-corrected chi connectivity index (χ1v) is 14.5. The molecule has 3 aromatic rings. The predicted octanol–water partition coefficient (Wildman–Crippen LogP) is 3.24. The number of likely N-dealkylation sites (tertiary alicyclic amines) is 1. The predicted molar refractivity (Wildman–Crippen MR) is 146 cm³/mol. The molecule has 11 nitrogen and oxygen atoms in total. The second-order valence-electron chi connectivity index (χ2n) is 10.8. The Morgan fingerprint density at radius 1 is 1.15 bits per heavy atom. The number of sulfone groups is 1. The molecule has 4 heterocycles. The largest absolute Gasteiger partial charge is 0.444 e. The van der Waals surface area contributed by atoms with Gasteiger partial charge in [-0.05, 0) is 57.4 Å². The molecule has 0 spiro atoms. The standard InChI is InChI=1S/C27H30N6O5S/c1-27(2,3)38-26(35)32-10-8-19(9-11-32)33-23(15-34)20(17-6-7-21-22(13-17)31(4)16-29-21)12-18-14-28-25(30-24(18)33)39(5,36)37/h6-7,12-14,16,19H,8-11H2,1-5H3. The van der Waals surface area contributed by atoms with Crippen LogP contribution < -0.4 is 4.90 Å². The number of benzene rings is 1. The van der Waals surface area contributed by atoms with Crippen molar-refractivity contribution in [1.29, 1.82) is 0 Å². The molecule has 0 N–H and O–H groups in total. The molecule has 0 bridgehead atoms. The molecule has 39 heavy (non-hydrogen) atoms. The van der Waals surface area contributed by atoms with Gasteiger partial charge in [-0.25, -0.2) is 28.0 Å². The van der Waals surface area contributed by atoms with Crippen LogP contribution in [0.3, 0.4) is 0 Å². The molecule has 1 aromatic carbocycles. The van der Waals surface area contributed by atoms with Gasteiger partial charge >= 0.3 is 6.09 Å². The molecule has 0 aliphatic carbocycles. The molecule has 1 saturated heterocycles. The molecule has 2 aliphatic heterocycles. The molecule has 0 radical (unpaired) electrons. The van der Waals surface area contributed by atoms with E-state index in [2.05, 4.69) is 20.9 Å². The number of ether oxygens (including phenoxy) is 1. The summed E-state index contributed by atoms with van der Waals surface area (Å²) >= 11 is 0. The maximum absolute atomic E-state index is 12.6. The number of rotatable bonds is 3. The van der Waals surface area contributed by atoms with Gasteiger partial charge in [-0.2, -0.15) is 4.98 Å². The normalized spacial score (nSPS) is 16.6. The number of piperidine rings is 1. The van der Waals surface area contributed by atoms with Crippen molar-refractivity contribution in [3.05, 3.63) is 47.5 Å². The second-order valence-corrected chi connectivity index (χ2v) is 12.7. The van der Waals surface area contributed by atoms with Crippen molar-refractivity contribution < 1.29 is 22.7 Å². The molecule has 2 aliphatic rings. The number of nitrogens with zero attached hydrogens (tertiary/aromatic N) is 6. The van der Waals surface area contributed by atoms with Crippen molar-refractivity contribution in [3.8, 4) is 0 Å². The summed E-state index contributed by atoms with van der Waals surface area (Å²) < 4.78 is 32.0. The van der Waals surface area contributed by atoms with Crippen molar-refractivity contribution in [2.24, 2.45) is 7.05 Å². The van der Waals surface area contributed by atoms with Crippen LogP contribution in [0.1, 0.15) is 44.7 Å². The quantitative estimate of drug-likeness (QED) is 0.357. The minimum Gasteiger partial charge on any atom is -0.444 e. The van der Waals surface area contributed by atoms with Gasteiger partial charge in [0.15, 0.2) is 5.94 Å². The number of amides is 1. The smallest absolute Gasteiger partial charge is 0.410 e. The summed E-state index contributed by atoms with van der Waals surface area (Å²) in [7, 11) is -1.80. The molecule has 5 rings (SSSR count). The van der Waals surface area contributed by atoms with Crippen molar-refractivity contribution in [1.82, 2.24) is 24.4 Å². The molecule has 2 aromatic heterocycles. The number of carbonyl (C=O) groups excluding carboxylic acids is 2. The molecular formula is C27H30N6O5S. The van der Waals surface area contributed by atoms with Crippen LogP contribution in [-0.4, -0.2) is 75.9 Å². The van der Waals surface area contributed by atoms with E-state index in [0.29, 0.717) is 42.9 Å². The maximum atomic E-state index is 12.6. The lowest BCUT2D eigenvalue weighted by atomic mass is 9.93. The van der Waals surface area contributed by atoms with Crippen LogP contribution in [0.25, 0.3) is 22.7 Å². The number of fused-ring (bicyclic) bond motifs is 2. The Labute approximate surface area is 226 Å². The van der Waals surface area contributed by atoms with Gasteiger partial charge in [-0.3, -0.25) is 0 Å². The summed E-state index contributed by atoms with van der Waals surface area (Å²) in [5, 5.41) is -0.323. The van der Waals surface area contributed by atoms with E-state index in [9.17, 15) is 18.0 Å². The van der Waals surface area contributed by atoms with Crippen LogP contribution in [0.15, 0.2) is 41.6 Å². The van der Waals surface area contributed by atoms with Crippen molar-refractivity contribution in [2.75, 3.05) is 24.2 Å². The third-order valence-corrected chi connectivity index (χ3v) is 7.60. The van der Waals surface area contributed by atoms with Crippen molar-refractivity contribution >= 4 is 50.4 Å². The Bertz CT molecular complexity index is 1660.